The average molecular weight is 485 g/mol. The fourth-order valence-electron chi connectivity index (χ4n) is 5.49. The molecule has 35 heavy (non-hydrogen) atoms. The monoisotopic (exact) mass is 484 g/mol. The zero-order chi connectivity index (χ0) is 25.5. The van der Waals surface area contributed by atoms with Crippen LogP contribution < -0.4 is 15.8 Å². The molecule has 0 aromatic heterocycles. The molecule has 1 aromatic carbocycles. The highest BCUT2D eigenvalue weighted by atomic mass is 16.5. The van der Waals surface area contributed by atoms with E-state index >= 15 is 0 Å². The van der Waals surface area contributed by atoms with Gasteiger partial charge in [0.1, 0.15) is 11.4 Å². The number of nitrogens with one attached hydrogen (secondary N) is 1. The Kier molecular flexibility index (Phi) is 6.88. The van der Waals surface area contributed by atoms with Gasteiger partial charge >= 0.3 is 0 Å². The molecule has 2 aliphatic heterocycles. The number of nitrogens with two attached hydrogens (primary N) is 1. The third kappa shape index (κ3) is 5.17. The van der Waals surface area contributed by atoms with Crippen molar-refractivity contribution in [2.24, 2.45) is 28.5 Å². The van der Waals surface area contributed by atoms with Crippen molar-refractivity contribution in [2.45, 2.75) is 83.5 Å². The van der Waals surface area contributed by atoms with Crippen LogP contribution in [0.25, 0.3) is 0 Å². The Morgan fingerprint density at radius 1 is 1.31 bits per heavy atom. The maximum atomic E-state index is 13.5. The summed E-state index contributed by atoms with van der Waals surface area (Å²) in [6.45, 7) is 10.7. The van der Waals surface area contributed by atoms with Crippen molar-refractivity contribution in [3.8, 4) is 5.75 Å². The molecular formula is C27H40N4O4. The summed E-state index contributed by atoms with van der Waals surface area (Å²) in [6, 6.07) is 7.61. The average Bonchev–Trinajstić information content (AvgIpc) is 3.55. The Balaban J connectivity index is 1.51. The minimum atomic E-state index is -0.511. The number of carbonyl (C=O) groups excluding carboxylic acids is 2. The van der Waals surface area contributed by atoms with Crippen molar-refractivity contribution in [1.29, 1.82) is 0 Å². The molecule has 4 rings (SSSR count). The van der Waals surface area contributed by atoms with Crippen LogP contribution >= 0.6 is 0 Å². The maximum Gasteiger partial charge on any atom is 0.231 e. The van der Waals surface area contributed by atoms with Crippen LogP contribution in [-0.2, 0) is 14.3 Å². The van der Waals surface area contributed by atoms with Gasteiger partial charge in [-0.15, -0.1) is 0 Å². The number of carbonyl (C=O) groups is 2. The van der Waals surface area contributed by atoms with E-state index in [0.717, 1.165) is 11.3 Å². The first-order chi connectivity index (χ1) is 16.5. The van der Waals surface area contributed by atoms with Crippen molar-refractivity contribution in [2.75, 3.05) is 13.7 Å². The van der Waals surface area contributed by atoms with Crippen molar-refractivity contribution in [1.82, 2.24) is 10.2 Å². The van der Waals surface area contributed by atoms with Crippen LogP contribution in [0.3, 0.4) is 0 Å². The molecule has 3 aliphatic rings. The lowest BCUT2D eigenvalue weighted by molar-refractivity contribution is -0.132. The van der Waals surface area contributed by atoms with Crippen molar-refractivity contribution < 1.29 is 19.1 Å². The van der Waals surface area contributed by atoms with Crippen LogP contribution in [0, 0.1) is 17.8 Å². The second-order valence-electron chi connectivity index (χ2n) is 11.5. The summed E-state index contributed by atoms with van der Waals surface area (Å²) in [6.07, 6.45) is 2.33. The minimum absolute atomic E-state index is 0.0190. The number of ether oxygens (including phenoxy) is 2. The zero-order valence-corrected chi connectivity index (χ0v) is 21.8. The van der Waals surface area contributed by atoms with Gasteiger partial charge in [-0.2, -0.15) is 0 Å². The lowest BCUT2D eigenvalue weighted by Gasteiger charge is -2.43. The number of nitrogens with zero attached hydrogens (tertiary/aromatic N) is 2. The Hall–Kier alpha value is -2.61. The number of aliphatic imine (C=N–C) groups is 1. The van der Waals surface area contributed by atoms with Gasteiger partial charge in [-0.05, 0) is 51.5 Å². The van der Waals surface area contributed by atoms with E-state index in [0.29, 0.717) is 38.2 Å². The summed E-state index contributed by atoms with van der Waals surface area (Å²) in [7, 11) is 1.64. The molecule has 2 heterocycles. The van der Waals surface area contributed by atoms with Crippen LogP contribution in [-0.4, -0.2) is 53.6 Å². The predicted octanol–water partition coefficient (Wildman–Crippen LogP) is 3.41. The normalized spacial score (nSPS) is 30.3. The topological polar surface area (TPSA) is 106 Å². The molecule has 1 saturated carbocycles. The van der Waals surface area contributed by atoms with E-state index in [-0.39, 0.29) is 47.3 Å². The van der Waals surface area contributed by atoms with E-state index in [1.54, 1.807) is 12.0 Å². The van der Waals surface area contributed by atoms with Crippen LogP contribution in [0.5, 0.6) is 5.75 Å². The molecule has 1 aliphatic carbocycles. The van der Waals surface area contributed by atoms with Crippen LogP contribution in [0.4, 0.5) is 0 Å². The fraction of sp³-hybridized carbons (Fsp3) is 0.667. The van der Waals surface area contributed by atoms with Gasteiger partial charge in [0.2, 0.25) is 11.8 Å². The molecule has 1 fully saturated rings. The summed E-state index contributed by atoms with van der Waals surface area (Å²) in [5.41, 5.74) is 6.40. The highest BCUT2D eigenvalue weighted by molar-refractivity contribution is 5.99. The van der Waals surface area contributed by atoms with Crippen molar-refractivity contribution in [3.05, 3.63) is 29.8 Å². The second-order valence-corrected chi connectivity index (χ2v) is 11.5. The fourth-order valence-corrected chi connectivity index (χ4v) is 5.49. The van der Waals surface area contributed by atoms with E-state index in [9.17, 15) is 9.59 Å². The molecule has 3 N–H and O–H groups in total. The van der Waals surface area contributed by atoms with Crippen molar-refractivity contribution >= 4 is 17.8 Å². The summed E-state index contributed by atoms with van der Waals surface area (Å²) < 4.78 is 11.7. The lowest BCUT2D eigenvalue weighted by Crippen LogP contribution is -2.55. The van der Waals surface area contributed by atoms with Gasteiger partial charge in [0.15, 0.2) is 5.96 Å². The standard InChI is InChI=1S/C27H40N4O4/c1-16(2)27(5)14-20(17-9-7-8-10-22(17)35-27)29-24(33)19-13-18(19)21(11-12-34-6)31-23(32)15-26(3,4)30-25(31)28/h7-10,16,18-21H,11-15H2,1-6H3,(H2,28,30)(H,29,33)/t18-,19-,20-,21+,27?/m0/s1. The second kappa shape index (κ2) is 9.45. The SMILES string of the molecule is COCC[C@H]([C@H]1C[C@@H]1C(=O)N[C@H]1CC(C)(C(C)C)Oc2ccccc21)N1C(=O)CC(C)(C)N=C1N. The molecule has 8 heteroatoms. The van der Waals surface area contributed by atoms with Crippen LogP contribution in [0.2, 0.25) is 0 Å². The van der Waals surface area contributed by atoms with Gasteiger partial charge < -0.3 is 20.5 Å². The molecule has 1 unspecified atom stereocenters. The summed E-state index contributed by atoms with van der Waals surface area (Å²) in [4.78, 5) is 32.7. The molecule has 0 saturated heterocycles. The number of hydrogen-bond donors (Lipinski definition) is 2. The Bertz CT molecular complexity index is 1010. The number of fused-ring (bicyclic) bond motifs is 1. The zero-order valence-electron chi connectivity index (χ0n) is 21.8. The largest absolute Gasteiger partial charge is 0.487 e. The first-order valence-corrected chi connectivity index (χ1v) is 12.7. The minimum Gasteiger partial charge on any atom is -0.487 e. The number of benzene rings is 1. The maximum absolute atomic E-state index is 13.5. The number of guanidine groups is 1. The van der Waals surface area contributed by atoms with E-state index in [1.165, 1.54) is 0 Å². The Morgan fingerprint density at radius 2 is 2.03 bits per heavy atom. The molecule has 8 nitrogen and oxygen atoms in total. The van der Waals surface area contributed by atoms with Gasteiger partial charge in [0.05, 0.1) is 18.0 Å². The molecule has 192 valence electrons. The first kappa shape index (κ1) is 25.5. The van der Waals surface area contributed by atoms with Gasteiger partial charge in [-0.3, -0.25) is 14.5 Å². The Labute approximate surface area is 208 Å². The first-order valence-electron chi connectivity index (χ1n) is 12.7. The molecule has 1 aromatic rings. The molecule has 0 spiro atoms. The van der Waals surface area contributed by atoms with E-state index in [2.05, 4.69) is 31.1 Å². The summed E-state index contributed by atoms with van der Waals surface area (Å²) >= 11 is 0. The highest BCUT2D eigenvalue weighted by Crippen LogP contribution is 2.47. The molecule has 0 bridgehead atoms. The van der Waals surface area contributed by atoms with Crippen LogP contribution in [0.15, 0.2) is 29.3 Å². The van der Waals surface area contributed by atoms with Gasteiger partial charge in [0.25, 0.3) is 0 Å². The number of para-hydroxylation sites is 1. The highest BCUT2D eigenvalue weighted by Gasteiger charge is 2.52. The summed E-state index contributed by atoms with van der Waals surface area (Å²) in [5.74, 6) is 1.19. The summed E-state index contributed by atoms with van der Waals surface area (Å²) in [5, 5.41) is 3.31. The van der Waals surface area contributed by atoms with Crippen LogP contribution in [0.1, 0.15) is 71.9 Å². The number of rotatable bonds is 8. The van der Waals surface area contributed by atoms with E-state index in [4.69, 9.17) is 15.2 Å². The van der Waals surface area contributed by atoms with Gasteiger partial charge in [0, 0.05) is 37.7 Å². The third-order valence-corrected chi connectivity index (χ3v) is 7.92. The quantitative estimate of drug-likeness (QED) is 0.588. The molecule has 0 radical (unpaired) electrons. The van der Waals surface area contributed by atoms with Gasteiger partial charge in [-0.1, -0.05) is 32.0 Å². The molecule has 5 atom stereocenters. The number of hydrogen-bond acceptors (Lipinski definition) is 6. The smallest absolute Gasteiger partial charge is 0.231 e. The third-order valence-electron chi connectivity index (χ3n) is 7.92. The van der Waals surface area contributed by atoms with E-state index in [1.807, 2.05) is 38.1 Å². The lowest BCUT2D eigenvalue weighted by atomic mass is 9.81. The van der Waals surface area contributed by atoms with Gasteiger partial charge in [-0.25, -0.2) is 4.99 Å². The van der Waals surface area contributed by atoms with Crippen molar-refractivity contribution in [3.63, 3.8) is 0 Å². The van der Waals surface area contributed by atoms with E-state index < -0.39 is 5.54 Å². The Morgan fingerprint density at radius 3 is 2.69 bits per heavy atom. The molecule has 2 amide bonds. The number of methoxy groups -OCH3 is 1. The number of amides is 2. The predicted molar refractivity (Wildman–Crippen MR) is 135 cm³/mol. The molecular weight excluding hydrogens is 444 g/mol.